The first-order valence-corrected chi connectivity index (χ1v) is 6.90. The third-order valence-electron chi connectivity index (χ3n) is 2.91. The lowest BCUT2D eigenvalue weighted by atomic mass is 10.0. The number of ether oxygens (including phenoxy) is 1. The minimum atomic E-state index is -0.726. The summed E-state index contributed by atoms with van der Waals surface area (Å²) in [6.07, 6.45) is -0.641. The summed E-state index contributed by atoms with van der Waals surface area (Å²) in [6.45, 7) is 5.59. The van der Waals surface area contributed by atoms with Crippen LogP contribution in [0, 0.1) is 11.7 Å². The lowest BCUT2D eigenvalue weighted by molar-refractivity contribution is -0.124. The third kappa shape index (κ3) is 5.41. The summed E-state index contributed by atoms with van der Waals surface area (Å²) in [5.74, 6) is -0.867. The highest BCUT2D eigenvalue weighted by Gasteiger charge is 2.24. The van der Waals surface area contributed by atoms with E-state index in [9.17, 15) is 14.0 Å². The SMILES string of the molecule is CCOC(=O)NC(C(=O)NCc1ccccc1F)C(C)C. The molecule has 21 heavy (non-hydrogen) atoms. The van der Waals surface area contributed by atoms with Crippen molar-refractivity contribution >= 4 is 12.0 Å². The van der Waals surface area contributed by atoms with E-state index in [2.05, 4.69) is 10.6 Å². The number of benzene rings is 1. The molecule has 1 aromatic carbocycles. The maximum absolute atomic E-state index is 13.5. The Morgan fingerprint density at radius 3 is 2.52 bits per heavy atom. The Balaban J connectivity index is 2.61. The van der Waals surface area contributed by atoms with E-state index in [0.717, 1.165) is 0 Å². The fraction of sp³-hybridized carbons (Fsp3) is 0.467. The fourth-order valence-electron chi connectivity index (χ4n) is 1.77. The van der Waals surface area contributed by atoms with Crippen molar-refractivity contribution in [2.75, 3.05) is 6.61 Å². The summed E-state index contributed by atoms with van der Waals surface area (Å²) in [5.41, 5.74) is 0.393. The fourth-order valence-corrected chi connectivity index (χ4v) is 1.77. The molecule has 2 amide bonds. The Hall–Kier alpha value is -2.11. The molecule has 1 atom stereocenters. The number of halogens is 1. The van der Waals surface area contributed by atoms with Gasteiger partial charge in [0, 0.05) is 12.1 Å². The van der Waals surface area contributed by atoms with Crippen LogP contribution in [0.1, 0.15) is 26.3 Å². The van der Waals surface area contributed by atoms with Crippen LogP contribution in [0.15, 0.2) is 24.3 Å². The van der Waals surface area contributed by atoms with Gasteiger partial charge in [-0.15, -0.1) is 0 Å². The van der Waals surface area contributed by atoms with Gasteiger partial charge in [0.1, 0.15) is 11.9 Å². The number of hydrogen-bond donors (Lipinski definition) is 2. The van der Waals surface area contributed by atoms with Crippen molar-refractivity contribution in [2.45, 2.75) is 33.4 Å². The van der Waals surface area contributed by atoms with Crippen molar-refractivity contribution < 1.29 is 18.7 Å². The summed E-state index contributed by atoms with van der Waals surface area (Å²) < 4.78 is 18.2. The van der Waals surface area contributed by atoms with Gasteiger partial charge in [-0.25, -0.2) is 9.18 Å². The molecular weight excluding hydrogens is 275 g/mol. The molecule has 2 N–H and O–H groups in total. The molecule has 0 spiro atoms. The number of alkyl carbamates (subject to hydrolysis) is 1. The average molecular weight is 296 g/mol. The molecule has 6 heteroatoms. The molecule has 0 saturated carbocycles. The smallest absolute Gasteiger partial charge is 0.407 e. The first kappa shape index (κ1) is 16.9. The highest BCUT2D eigenvalue weighted by atomic mass is 19.1. The molecule has 0 fully saturated rings. The van der Waals surface area contributed by atoms with Gasteiger partial charge in [-0.1, -0.05) is 32.0 Å². The van der Waals surface area contributed by atoms with Crippen LogP contribution in [0.25, 0.3) is 0 Å². The normalized spacial score (nSPS) is 11.9. The molecule has 1 rings (SSSR count). The van der Waals surface area contributed by atoms with Crippen molar-refractivity contribution in [3.05, 3.63) is 35.6 Å². The van der Waals surface area contributed by atoms with Gasteiger partial charge in [-0.3, -0.25) is 4.79 Å². The molecule has 116 valence electrons. The molecule has 0 heterocycles. The van der Waals surface area contributed by atoms with Crippen LogP contribution < -0.4 is 10.6 Å². The Morgan fingerprint density at radius 1 is 1.29 bits per heavy atom. The first-order valence-electron chi connectivity index (χ1n) is 6.90. The predicted molar refractivity (Wildman–Crippen MR) is 77.0 cm³/mol. The van der Waals surface area contributed by atoms with Crippen molar-refractivity contribution in [1.82, 2.24) is 10.6 Å². The molecule has 1 aromatic rings. The van der Waals surface area contributed by atoms with E-state index in [1.165, 1.54) is 6.07 Å². The maximum Gasteiger partial charge on any atom is 0.407 e. The van der Waals surface area contributed by atoms with E-state index in [0.29, 0.717) is 5.56 Å². The molecule has 1 unspecified atom stereocenters. The standard InChI is InChI=1S/C15H21FN2O3/c1-4-21-15(20)18-13(10(2)3)14(19)17-9-11-7-5-6-8-12(11)16/h5-8,10,13H,4,9H2,1-3H3,(H,17,19)(H,18,20). The highest BCUT2D eigenvalue weighted by molar-refractivity contribution is 5.85. The van der Waals surface area contributed by atoms with Gasteiger partial charge in [0.05, 0.1) is 6.61 Å². The number of amides is 2. The quantitative estimate of drug-likeness (QED) is 0.845. The van der Waals surface area contributed by atoms with Crippen LogP contribution in [0.2, 0.25) is 0 Å². The summed E-state index contributed by atoms with van der Waals surface area (Å²) in [7, 11) is 0. The van der Waals surface area contributed by atoms with E-state index < -0.39 is 12.1 Å². The minimum Gasteiger partial charge on any atom is -0.450 e. The molecule has 0 aliphatic rings. The van der Waals surface area contributed by atoms with Gasteiger partial charge in [0.25, 0.3) is 0 Å². The molecule has 0 saturated heterocycles. The van der Waals surface area contributed by atoms with Crippen molar-refractivity contribution in [3.63, 3.8) is 0 Å². The largest absolute Gasteiger partial charge is 0.450 e. The van der Waals surface area contributed by atoms with E-state index in [4.69, 9.17) is 4.74 Å². The Kier molecular flexibility index (Phi) is 6.65. The van der Waals surface area contributed by atoms with Crippen LogP contribution in [0.5, 0.6) is 0 Å². The Bertz CT molecular complexity index is 492. The average Bonchev–Trinajstić information content (AvgIpc) is 2.43. The molecular formula is C15H21FN2O3. The van der Waals surface area contributed by atoms with Crippen molar-refractivity contribution in [1.29, 1.82) is 0 Å². The highest BCUT2D eigenvalue weighted by Crippen LogP contribution is 2.07. The van der Waals surface area contributed by atoms with Gasteiger partial charge < -0.3 is 15.4 Å². The second-order valence-electron chi connectivity index (χ2n) is 4.90. The van der Waals surface area contributed by atoms with Gasteiger partial charge in [-0.05, 0) is 18.9 Å². The van der Waals surface area contributed by atoms with Crippen molar-refractivity contribution in [3.8, 4) is 0 Å². The van der Waals surface area contributed by atoms with Gasteiger partial charge in [0.15, 0.2) is 0 Å². The van der Waals surface area contributed by atoms with E-state index in [1.807, 2.05) is 0 Å². The van der Waals surface area contributed by atoms with Crippen molar-refractivity contribution in [2.24, 2.45) is 5.92 Å². The number of hydrogen-bond acceptors (Lipinski definition) is 3. The van der Waals surface area contributed by atoms with Gasteiger partial charge >= 0.3 is 6.09 Å². The monoisotopic (exact) mass is 296 g/mol. The lowest BCUT2D eigenvalue weighted by Gasteiger charge is -2.21. The molecule has 5 nitrogen and oxygen atoms in total. The Labute approximate surface area is 123 Å². The number of carbonyl (C=O) groups is 2. The van der Waals surface area contributed by atoms with Crippen LogP contribution >= 0.6 is 0 Å². The zero-order chi connectivity index (χ0) is 15.8. The number of rotatable bonds is 6. The zero-order valence-electron chi connectivity index (χ0n) is 12.5. The van der Waals surface area contributed by atoms with Crippen LogP contribution in [0.4, 0.5) is 9.18 Å². The third-order valence-corrected chi connectivity index (χ3v) is 2.91. The van der Waals surface area contributed by atoms with E-state index >= 15 is 0 Å². The molecule has 0 aromatic heterocycles. The summed E-state index contributed by atoms with van der Waals surface area (Å²) in [6, 6.07) is 5.48. The van der Waals surface area contributed by atoms with Gasteiger partial charge in [-0.2, -0.15) is 0 Å². The van der Waals surface area contributed by atoms with Gasteiger partial charge in [0.2, 0.25) is 5.91 Å². The van der Waals surface area contributed by atoms with E-state index in [-0.39, 0.29) is 30.8 Å². The summed E-state index contributed by atoms with van der Waals surface area (Å²) >= 11 is 0. The number of nitrogens with one attached hydrogen (secondary N) is 2. The summed E-state index contributed by atoms with van der Waals surface area (Å²) in [4.78, 5) is 23.5. The zero-order valence-corrected chi connectivity index (χ0v) is 12.5. The molecule has 0 radical (unpaired) electrons. The van der Waals surface area contributed by atoms with Crippen LogP contribution in [-0.2, 0) is 16.1 Å². The van der Waals surface area contributed by atoms with Crippen LogP contribution in [-0.4, -0.2) is 24.6 Å². The minimum absolute atomic E-state index is 0.0687. The second kappa shape index (κ2) is 8.24. The second-order valence-corrected chi connectivity index (χ2v) is 4.90. The van der Waals surface area contributed by atoms with E-state index in [1.54, 1.807) is 39.0 Å². The molecule has 0 aliphatic heterocycles. The van der Waals surface area contributed by atoms with Crippen LogP contribution in [0.3, 0.4) is 0 Å². The Morgan fingerprint density at radius 2 is 1.95 bits per heavy atom. The predicted octanol–water partition coefficient (Wildman–Crippen LogP) is 2.21. The lowest BCUT2D eigenvalue weighted by Crippen LogP contribution is -2.49. The first-order chi connectivity index (χ1) is 9.95. The molecule has 0 aliphatic carbocycles. The topological polar surface area (TPSA) is 67.4 Å². The molecule has 0 bridgehead atoms. The number of carbonyl (C=O) groups excluding carboxylic acids is 2. The maximum atomic E-state index is 13.5. The summed E-state index contributed by atoms with van der Waals surface area (Å²) in [5, 5.41) is 5.12.